The number of aromatic carboxylic acids is 1. The summed E-state index contributed by atoms with van der Waals surface area (Å²) in [7, 11) is 0. The summed E-state index contributed by atoms with van der Waals surface area (Å²) in [6.07, 6.45) is 0. The van der Waals surface area contributed by atoms with E-state index in [2.05, 4.69) is 9.98 Å². The zero-order chi connectivity index (χ0) is 11.7. The van der Waals surface area contributed by atoms with E-state index in [0.29, 0.717) is 5.69 Å². The van der Waals surface area contributed by atoms with Crippen LogP contribution in [0.3, 0.4) is 0 Å². The number of guanidine groups is 1. The molecule has 2 aromatic rings. The van der Waals surface area contributed by atoms with Crippen molar-refractivity contribution in [3.63, 3.8) is 0 Å². The molecule has 6 N–H and O–H groups in total. The SMILES string of the molecule is NC(N)=Nc1ccc2[nH]c(C(=O)O)cc2c1. The van der Waals surface area contributed by atoms with Gasteiger partial charge in [-0.1, -0.05) is 0 Å². The van der Waals surface area contributed by atoms with Crippen LogP contribution in [0, 0.1) is 0 Å². The van der Waals surface area contributed by atoms with Gasteiger partial charge in [0, 0.05) is 10.9 Å². The summed E-state index contributed by atoms with van der Waals surface area (Å²) in [4.78, 5) is 17.4. The summed E-state index contributed by atoms with van der Waals surface area (Å²) in [5.74, 6) is -1.03. The lowest BCUT2D eigenvalue weighted by molar-refractivity contribution is 0.0691. The molecule has 0 radical (unpaired) electrons. The zero-order valence-corrected chi connectivity index (χ0v) is 8.27. The summed E-state index contributed by atoms with van der Waals surface area (Å²) in [6, 6.07) is 6.66. The van der Waals surface area contributed by atoms with Gasteiger partial charge in [-0.25, -0.2) is 9.79 Å². The van der Waals surface area contributed by atoms with Crippen LogP contribution in [0.1, 0.15) is 10.5 Å². The molecule has 0 atom stereocenters. The van der Waals surface area contributed by atoms with Crippen LogP contribution in [-0.4, -0.2) is 22.0 Å². The van der Waals surface area contributed by atoms with E-state index >= 15 is 0 Å². The molecule has 0 fully saturated rings. The first-order valence-electron chi connectivity index (χ1n) is 4.52. The predicted octanol–water partition coefficient (Wildman–Crippen LogP) is 0.771. The maximum Gasteiger partial charge on any atom is 0.352 e. The van der Waals surface area contributed by atoms with Gasteiger partial charge in [0.2, 0.25) is 0 Å². The minimum atomic E-state index is -1.00. The fraction of sp³-hybridized carbons (Fsp3) is 0. The van der Waals surface area contributed by atoms with Crippen LogP contribution in [-0.2, 0) is 0 Å². The molecule has 0 amide bonds. The van der Waals surface area contributed by atoms with Crippen molar-refractivity contribution in [3.05, 3.63) is 30.0 Å². The smallest absolute Gasteiger partial charge is 0.352 e. The van der Waals surface area contributed by atoms with E-state index in [1.807, 2.05) is 0 Å². The van der Waals surface area contributed by atoms with E-state index in [1.54, 1.807) is 18.2 Å². The predicted molar refractivity (Wildman–Crippen MR) is 60.7 cm³/mol. The van der Waals surface area contributed by atoms with E-state index in [9.17, 15) is 4.79 Å². The molecule has 0 aliphatic heterocycles. The summed E-state index contributed by atoms with van der Waals surface area (Å²) >= 11 is 0. The first-order chi connectivity index (χ1) is 7.56. The van der Waals surface area contributed by atoms with Crippen LogP contribution in [0.25, 0.3) is 10.9 Å². The number of carboxylic acids is 1. The van der Waals surface area contributed by atoms with Gasteiger partial charge in [-0.05, 0) is 24.3 Å². The number of nitrogens with one attached hydrogen (secondary N) is 1. The van der Waals surface area contributed by atoms with Crippen molar-refractivity contribution in [3.8, 4) is 0 Å². The van der Waals surface area contributed by atoms with E-state index in [1.165, 1.54) is 6.07 Å². The highest BCUT2D eigenvalue weighted by Crippen LogP contribution is 2.21. The number of rotatable bonds is 2. The number of nitrogens with two attached hydrogens (primary N) is 2. The van der Waals surface area contributed by atoms with Gasteiger partial charge in [0.25, 0.3) is 0 Å². The van der Waals surface area contributed by atoms with Gasteiger partial charge in [0.15, 0.2) is 5.96 Å². The van der Waals surface area contributed by atoms with Gasteiger partial charge in [-0.3, -0.25) is 0 Å². The molecule has 0 saturated heterocycles. The van der Waals surface area contributed by atoms with Crippen molar-refractivity contribution < 1.29 is 9.90 Å². The molecule has 0 aliphatic carbocycles. The Labute approximate surface area is 90.6 Å². The fourth-order valence-electron chi connectivity index (χ4n) is 1.45. The van der Waals surface area contributed by atoms with Crippen LogP contribution in [0.4, 0.5) is 5.69 Å². The summed E-state index contributed by atoms with van der Waals surface area (Å²) in [5.41, 5.74) is 11.9. The first-order valence-corrected chi connectivity index (χ1v) is 4.52. The molecule has 0 unspecified atom stereocenters. The Bertz CT molecular complexity index is 582. The normalized spacial score (nSPS) is 10.2. The monoisotopic (exact) mass is 218 g/mol. The molecule has 1 heterocycles. The van der Waals surface area contributed by atoms with Crippen LogP contribution in [0.5, 0.6) is 0 Å². The van der Waals surface area contributed by atoms with Gasteiger partial charge in [-0.15, -0.1) is 0 Å². The molecule has 6 nitrogen and oxygen atoms in total. The lowest BCUT2D eigenvalue weighted by Gasteiger charge is -1.94. The van der Waals surface area contributed by atoms with Crippen molar-refractivity contribution >= 4 is 28.5 Å². The van der Waals surface area contributed by atoms with Crippen LogP contribution in [0.2, 0.25) is 0 Å². The average molecular weight is 218 g/mol. The number of fused-ring (bicyclic) bond motifs is 1. The lowest BCUT2D eigenvalue weighted by atomic mass is 10.2. The molecule has 0 aliphatic rings. The number of hydrogen-bond acceptors (Lipinski definition) is 2. The van der Waals surface area contributed by atoms with Gasteiger partial charge >= 0.3 is 5.97 Å². The third-order valence-electron chi connectivity index (χ3n) is 2.09. The summed E-state index contributed by atoms with van der Waals surface area (Å²) in [6.45, 7) is 0. The molecular formula is C10H10N4O2. The number of aromatic nitrogens is 1. The number of aromatic amines is 1. The largest absolute Gasteiger partial charge is 0.477 e. The third kappa shape index (κ3) is 1.81. The number of carboxylic acid groups (broad SMARTS) is 1. The zero-order valence-electron chi connectivity index (χ0n) is 8.27. The second-order valence-corrected chi connectivity index (χ2v) is 3.30. The van der Waals surface area contributed by atoms with E-state index < -0.39 is 5.97 Å². The second-order valence-electron chi connectivity index (χ2n) is 3.30. The molecule has 2 rings (SSSR count). The Balaban J connectivity index is 2.54. The number of nitrogens with zero attached hydrogens (tertiary/aromatic N) is 1. The number of aliphatic imine (C=N–C) groups is 1. The maximum absolute atomic E-state index is 10.7. The van der Waals surface area contributed by atoms with E-state index in [-0.39, 0.29) is 11.7 Å². The van der Waals surface area contributed by atoms with Gasteiger partial charge in [-0.2, -0.15) is 0 Å². The molecule has 82 valence electrons. The van der Waals surface area contributed by atoms with E-state index in [4.69, 9.17) is 16.6 Å². The van der Waals surface area contributed by atoms with Crippen LogP contribution in [0.15, 0.2) is 29.3 Å². The van der Waals surface area contributed by atoms with Crippen LogP contribution < -0.4 is 11.5 Å². The minimum Gasteiger partial charge on any atom is -0.477 e. The van der Waals surface area contributed by atoms with Gasteiger partial charge in [0.1, 0.15) is 5.69 Å². The molecule has 0 bridgehead atoms. The minimum absolute atomic E-state index is 0.0339. The Morgan fingerprint density at radius 3 is 2.69 bits per heavy atom. The molecule has 6 heteroatoms. The molecule has 0 spiro atoms. The fourth-order valence-corrected chi connectivity index (χ4v) is 1.45. The Kier molecular flexibility index (Phi) is 2.24. The molecule has 16 heavy (non-hydrogen) atoms. The van der Waals surface area contributed by atoms with E-state index in [0.717, 1.165) is 10.9 Å². The Hall–Kier alpha value is -2.50. The highest BCUT2D eigenvalue weighted by atomic mass is 16.4. The summed E-state index contributed by atoms with van der Waals surface area (Å²) in [5, 5.41) is 9.55. The van der Waals surface area contributed by atoms with Crippen molar-refractivity contribution in [2.75, 3.05) is 0 Å². The summed E-state index contributed by atoms with van der Waals surface area (Å²) < 4.78 is 0. The first kappa shape index (κ1) is 10.0. The number of hydrogen-bond donors (Lipinski definition) is 4. The molecule has 0 saturated carbocycles. The highest BCUT2D eigenvalue weighted by molar-refractivity contribution is 5.95. The lowest BCUT2D eigenvalue weighted by Crippen LogP contribution is -2.21. The maximum atomic E-state index is 10.7. The number of benzene rings is 1. The van der Waals surface area contributed by atoms with Crippen molar-refractivity contribution in [2.45, 2.75) is 0 Å². The van der Waals surface area contributed by atoms with Crippen molar-refractivity contribution in [2.24, 2.45) is 16.5 Å². The molecule has 1 aromatic heterocycles. The third-order valence-corrected chi connectivity index (χ3v) is 2.09. The van der Waals surface area contributed by atoms with Crippen molar-refractivity contribution in [1.29, 1.82) is 0 Å². The topological polar surface area (TPSA) is 117 Å². The van der Waals surface area contributed by atoms with Crippen LogP contribution >= 0.6 is 0 Å². The Morgan fingerprint density at radius 2 is 2.06 bits per heavy atom. The standard InChI is InChI=1S/C10H10N4O2/c11-10(12)13-6-1-2-7-5(3-6)4-8(14-7)9(15)16/h1-4,14H,(H,15,16)(H4,11,12,13). The van der Waals surface area contributed by atoms with Crippen molar-refractivity contribution in [1.82, 2.24) is 4.98 Å². The Morgan fingerprint density at radius 1 is 1.31 bits per heavy atom. The molecule has 1 aromatic carbocycles. The number of carbonyl (C=O) groups is 1. The van der Waals surface area contributed by atoms with Gasteiger partial charge < -0.3 is 21.6 Å². The number of H-pyrrole nitrogens is 1. The quantitative estimate of drug-likeness (QED) is 0.439. The second kappa shape index (κ2) is 3.58. The highest BCUT2D eigenvalue weighted by Gasteiger charge is 2.07. The molecular weight excluding hydrogens is 208 g/mol. The van der Waals surface area contributed by atoms with Gasteiger partial charge in [0.05, 0.1) is 5.69 Å². The average Bonchev–Trinajstić information content (AvgIpc) is 2.59.